The summed E-state index contributed by atoms with van der Waals surface area (Å²) in [5.41, 5.74) is 3.75. The average molecular weight is 400 g/mol. The Morgan fingerprint density at radius 3 is 2.57 bits per heavy atom. The van der Waals surface area contributed by atoms with Crippen molar-refractivity contribution in [3.8, 4) is 5.75 Å². The zero-order chi connectivity index (χ0) is 20.6. The van der Waals surface area contributed by atoms with Crippen LogP contribution in [0.1, 0.15) is 24.0 Å². The van der Waals surface area contributed by atoms with Crippen LogP contribution < -0.4 is 10.1 Å². The Kier molecular flexibility index (Phi) is 4.80. The van der Waals surface area contributed by atoms with E-state index in [-0.39, 0.29) is 12.5 Å². The van der Waals surface area contributed by atoms with Gasteiger partial charge < -0.3 is 14.5 Å². The summed E-state index contributed by atoms with van der Waals surface area (Å²) in [6.07, 6.45) is 4.60. The largest absolute Gasteiger partial charge is 0.488 e. The summed E-state index contributed by atoms with van der Waals surface area (Å²) < 4.78 is 6.99. The first kappa shape index (κ1) is 18.9. The average Bonchev–Trinajstić information content (AvgIpc) is 3.20. The van der Waals surface area contributed by atoms with Gasteiger partial charge in [0.05, 0.1) is 25.7 Å². The maximum absolute atomic E-state index is 12.9. The number of amides is 1. The van der Waals surface area contributed by atoms with Crippen molar-refractivity contribution in [3.05, 3.63) is 77.4 Å². The van der Waals surface area contributed by atoms with E-state index in [0.717, 1.165) is 38.8 Å². The molecule has 3 aromatic carbocycles. The van der Waals surface area contributed by atoms with Gasteiger partial charge in [-0.3, -0.25) is 4.79 Å². The van der Waals surface area contributed by atoms with E-state index in [0.29, 0.717) is 5.57 Å². The number of ether oxygens (including phenoxy) is 1. The van der Waals surface area contributed by atoms with Crippen molar-refractivity contribution < 1.29 is 14.0 Å². The summed E-state index contributed by atoms with van der Waals surface area (Å²) in [7, 11) is 2.33. The molecule has 1 fully saturated rings. The number of nitrogens with zero attached hydrogens (tertiary/aromatic N) is 1. The SMILES string of the molecule is C[N+]1(Cc2ccc(NC(=O)C3=Cc4c(ccc5ccccc45)OC3)cc2)CCCC1. The minimum Gasteiger partial charge on any atom is -0.488 e. The topological polar surface area (TPSA) is 38.3 Å². The second-order valence-corrected chi connectivity index (χ2v) is 8.74. The van der Waals surface area contributed by atoms with E-state index >= 15 is 0 Å². The van der Waals surface area contributed by atoms with Gasteiger partial charge in [0.1, 0.15) is 18.9 Å². The number of hydrogen-bond donors (Lipinski definition) is 1. The molecule has 4 nitrogen and oxygen atoms in total. The molecule has 4 heteroatoms. The smallest absolute Gasteiger partial charge is 0.255 e. The molecular formula is C26H27N2O2+. The van der Waals surface area contributed by atoms with Crippen LogP contribution in [0.5, 0.6) is 5.75 Å². The summed E-state index contributed by atoms with van der Waals surface area (Å²) in [6.45, 7) is 3.84. The number of rotatable bonds is 4. The number of carbonyl (C=O) groups is 1. The van der Waals surface area contributed by atoms with E-state index in [4.69, 9.17) is 4.74 Å². The first-order valence-corrected chi connectivity index (χ1v) is 10.7. The number of likely N-dealkylation sites (tertiary alicyclic amines) is 1. The van der Waals surface area contributed by atoms with Gasteiger partial charge in [-0.25, -0.2) is 0 Å². The molecule has 152 valence electrons. The van der Waals surface area contributed by atoms with Crippen molar-refractivity contribution in [3.63, 3.8) is 0 Å². The molecule has 1 N–H and O–H groups in total. The number of nitrogens with one attached hydrogen (secondary N) is 1. The minimum atomic E-state index is -0.111. The molecule has 2 aliphatic heterocycles. The Hall–Kier alpha value is -3.11. The lowest BCUT2D eigenvalue weighted by Gasteiger charge is -2.29. The van der Waals surface area contributed by atoms with E-state index in [1.807, 2.05) is 36.4 Å². The monoisotopic (exact) mass is 399 g/mol. The number of carbonyl (C=O) groups excluding carboxylic acids is 1. The lowest BCUT2D eigenvalue weighted by Crippen LogP contribution is -2.39. The van der Waals surface area contributed by atoms with Gasteiger partial charge in [-0.2, -0.15) is 0 Å². The first-order valence-electron chi connectivity index (χ1n) is 10.7. The molecule has 0 bridgehead atoms. The number of fused-ring (bicyclic) bond motifs is 3. The molecule has 0 spiro atoms. The van der Waals surface area contributed by atoms with Crippen LogP contribution in [0, 0.1) is 0 Å². The van der Waals surface area contributed by atoms with Crippen LogP contribution in [0.15, 0.2) is 66.2 Å². The predicted octanol–water partition coefficient (Wildman–Crippen LogP) is 4.99. The van der Waals surface area contributed by atoms with Gasteiger partial charge in [0.25, 0.3) is 5.91 Å². The van der Waals surface area contributed by atoms with Crippen LogP contribution in [-0.2, 0) is 11.3 Å². The van der Waals surface area contributed by atoms with Crippen molar-refractivity contribution in [2.24, 2.45) is 0 Å². The molecule has 5 rings (SSSR count). The summed E-state index contributed by atoms with van der Waals surface area (Å²) in [4.78, 5) is 12.9. The minimum absolute atomic E-state index is 0.111. The van der Waals surface area contributed by atoms with Crippen molar-refractivity contribution in [2.75, 3.05) is 32.1 Å². The fourth-order valence-electron chi connectivity index (χ4n) is 4.66. The fraction of sp³-hybridized carbons (Fsp3) is 0.269. The van der Waals surface area contributed by atoms with Gasteiger partial charge in [-0.05, 0) is 35.0 Å². The standard InChI is InChI=1S/C26H26N2O2/c1-28(14-4-5-15-28)17-19-8-11-22(12-9-19)27-26(29)21-16-24-23-7-3-2-6-20(23)10-13-25(24)30-18-21/h2-3,6-13,16H,4-5,14-15,17-18H2,1H3/p+1. The normalized spacial score (nSPS) is 17.2. The molecule has 3 aromatic rings. The molecule has 30 heavy (non-hydrogen) atoms. The molecule has 1 amide bonds. The Morgan fingerprint density at radius 2 is 1.77 bits per heavy atom. The first-order chi connectivity index (χ1) is 14.6. The van der Waals surface area contributed by atoms with Gasteiger partial charge in [0.2, 0.25) is 0 Å². The Morgan fingerprint density at radius 1 is 1.00 bits per heavy atom. The third-order valence-electron chi connectivity index (χ3n) is 6.35. The third kappa shape index (κ3) is 3.71. The van der Waals surface area contributed by atoms with Crippen molar-refractivity contribution in [1.82, 2.24) is 0 Å². The van der Waals surface area contributed by atoms with Crippen molar-refractivity contribution >= 4 is 28.4 Å². The molecule has 1 saturated heterocycles. The van der Waals surface area contributed by atoms with Crippen molar-refractivity contribution in [1.29, 1.82) is 0 Å². The molecule has 2 aliphatic rings. The zero-order valence-corrected chi connectivity index (χ0v) is 17.4. The highest BCUT2D eigenvalue weighted by molar-refractivity contribution is 6.09. The van der Waals surface area contributed by atoms with E-state index in [2.05, 4.69) is 42.7 Å². The number of benzene rings is 3. The fourth-order valence-corrected chi connectivity index (χ4v) is 4.66. The van der Waals surface area contributed by atoms with E-state index in [1.54, 1.807) is 0 Å². The third-order valence-corrected chi connectivity index (χ3v) is 6.35. The van der Waals surface area contributed by atoms with Crippen LogP contribution >= 0.6 is 0 Å². The molecule has 0 atom stereocenters. The maximum atomic E-state index is 12.9. The Bertz CT molecular complexity index is 1130. The molecule has 2 heterocycles. The van der Waals surface area contributed by atoms with E-state index < -0.39 is 0 Å². The van der Waals surface area contributed by atoms with Gasteiger partial charge in [-0.1, -0.05) is 42.5 Å². The number of hydrogen-bond acceptors (Lipinski definition) is 2. The molecular weight excluding hydrogens is 372 g/mol. The van der Waals surface area contributed by atoms with Gasteiger partial charge in [0, 0.05) is 29.7 Å². The lowest BCUT2D eigenvalue weighted by molar-refractivity contribution is -0.910. The zero-order valence-electron chi connectivity index (χ0n) is 17.4. The van der Waals surface area contributed by atoms with Gasteiger partial charge in [-0.15, -0.1) is 0 Å². The van der Waals surface area contributed by atoms with Crippen LogP contribution in [0.4, 0.5) is 5.69 Å². The van der Waals surface area contributed by atoms with Gasteiger partial charge in [0.15, 0.2) is 0 Å². The Labute approximate surface area is 177 Å². The summed E-state index contributed by atoms with van der Waals surface area (Å²) in [6, 6.07) is 20.5. The molecule has 0 radical (unpaired) electrons. The highest BCUT2D eigenvalue weighted by Gasteiger charge is 2.26. The highest BCUT2D eigenvalue weighted by Crippen LogP contribution is 2.33. The second kappa shape index (κ2) is 7.62. The van der Waals surface area contributed by atoms with Crippen LogP contribution in [0.25, 0.3) is 16.8 Å². The second-order valence-electron chi connectivity index (χ2n) is 8.74. The van der Waals surface area contributed by atoms with Crippen molar-refractivity contribution in [2.45, 2.75) is 19.4 Å². The number of anilines is 1. The number of quaternary nitrogens is 1. The van der Waals surface area contributed by atoms with Crippen LogP contribution in [0.3, 0.4) is 0 Å². The molecule has 0 saturated carbocycles. The van der Waals surface area contributed by atoms with Crippen LogP contribution in [-0.4, -0.2) is 37.1 Å². The molecule has 0 aromatic heterocycles. The quantitative estimate of drug-likeness (QED) is 0.628. The lowest BCUT2D eigenvalue weighted by atomic mass is 9.99. The summed E-state index contributed by atoms with van der Waals surface area (Å²) in [5.74, 6) is 0.716. The molecule has 0 unspecified atom stereocenters. The maximum Gasteiger partial charge on any atom is 0.255 e. The van der Waals surface area contributed by atoms with Gasteiger partial charge >= 0.3 is 0 Å². The summed E-state index contributed by atoms with van der Waals surface area (Å²) in [5, 5.41) is 5.27. The van der Waals surface area contributed by atoms with Crippen LogP contribution in [0.2, 0.25) is 0 Å². The predicted molar refractivity (Wildman–Crippen MR) is 121 cm³/mol. The summed E-state index contributed by atoms with van der Waals surface area (Å²) >= 11 is 0. The Balaban J connectivity index is 1.32. The van der Waals surface area contributed by atoms with E-state index in [9.17, 15) is 4.79 Å². The van der Waals surface area contributed by atoms with E-state index in [1.165, 1.54) is 31.5 Å². The highest BCUT2D eigenvalue weighted by atomic mass is 16.5. The molecule has 0 aliphatic carbocycles.